The summed E-state index contributed by atoms with van der Waals surface area (Å²) in [7, 11) is 0. The van der Waals surface area contributed by atoms with Gasteiger partial charge in [-0.05, 0) is 43.4 Å². The van der Waals surface area contributed by atoms with Gasteiger partial charge in [0.05, 0.1) is 5.41 Å². The zero-order valence-corrected chi connectivity index (χ0v) is 14.4. The van der Waals surface area contributed by atoms with Gasteiger partial charge in [0.1, 0.15) is 5.82 Å². The van der Waals surface area contributed by atoms with Crippen LogP contribution in [0.4, 0.5) is 4.39 Å². The zero-order valence-electron chi connectivity index (χ0n) is 14.4. The summed E-state index contributed by atoms with van der Waals surface area (Å²) >= 11 is 0. The normalized spacial score (nSPS) is 20.2. The van der Waals surface area contributed by atoms with Gasteiger partial charge in [-0.1, -0.05) is 19.9 Å². The van der Waals surface area contributed by atoms with Crippen molar-refractivity contribution in [1.29, 1.82) is 0 Å². The SMILES string of the molecule is CC(C)CN1CCC2(CCN(C(=O)c3cccc(F)c3)CC2)C1=O. The first-order valence-corrected chi connectivity index (χ1v) is 8.75. The summed E-state index contributed by atoms with van der Waals surface area (Å²) in [6.07, 6.45) is 2.31. The van der Waals surface area contributed by atoms with E-state index < -0.39 is 5.82 Å². The lowest BCUT2D eigenvalue weighted by atomic mass is 9.77. The maximum Gasteiger partial charge on any atom is 0.253 e. The van der Waals surface area contributed by atoms with Crippen LogP contribution in [0.1, 0.15) is 43.5 Å². The van der Waals surface area contributed by atoms with Crippen LogP contribution in [0.15, 0.2) is 24.3 Å². The van der Waals surface area contributed by atoms with Crippen LogP contribution in [0.5, 0.6) is 0 Å². The maximum atomic E-state index is 13.3. The topological polar surface area (TPSA) is 40.6 Å². The molecule has 0 unspecified atom stereocenters. The molecule has 0 radical (unpaired) electrons. The standard InChI is InChI=1S/C19H25FN2O2/c1-14(2)13-22-11-8-19(18(22)24)6-9-21(10-7-19)17(23)15-4-3-5-16(20)12-15/h3-5,12,14H,6-11,13H2,1-2H3. The fourth-order valence-corrected chi connectivity index (χ4v) is 3.91. The minimum Gasteiger partial charge on any atom is -0.342 e. The first-order chi connectivity index (χ1) is 11.4. The molecule has 0 saturated carbocycles. The molecule has 2 amide bonds. The highest BCUT2D eigenvalue weighted by Gasteiger charge is 2.48. The molecular formula is C19H25FN2O2. The molecule has 1 aromatic carbocycles. The third-order valence-corrected chi connectivity index (χ3v) is 5.27. The van der Waals surface area contributed by atoms with E-state index in [-0.39, 0.29) is 17.2 Å². The summed E-state index contributed by atoms with van der Waals surface area (Å²) in [6.45, 7) is 7.02. The summed E-state index contributed by atoms with van der Waals surface area (Å²) in [6, 6.07) is 5.81. The Bertz CT molecular complexity index is 636. The van der Waals surface area contributed by atoms with E-state index >= 15 is 0 Å². The first kappa shape index (κ1) is 16.9. The van der Waals surface area contributed by atoms with Crippen LogP contribution in [0, 0.1) is 17.2 Å². The molecular weight excluding hydrogens is 307 g/mol. The second kappa shape index (κ2) is 6.54. The van der Waals surface area contributed by atoms with E-state index in [1.54, 1.807) is 17.0 Å². The van der Waals surface area contributed by atoms with Gasteiger partial charge in [0.15, 0.2) is 0 Å². The molecule has 2 heterocycles. The molecule has 4 nitrogen and oxygen atoms in total. The van der Waals surface area contributed by atoms with Crippen LogP contribution in [0.25, 0.3) is 0 Å². The number of hydrogen-bond donors (Lipinski definition) is 0. The maximum absolute atomic E-state index is 13.3. The number of rotatable bonds is 3. The van der Waals surface area contributed by atoms with Crippen molar-refractivity contribution in [2.45, 2.75) is 33.1 Å². The third kappa shape index (κ3) is 3.17. The minimum absolute atomic E-state index is 0.145. The second-order valence-electron chi connectivity index (χ2n) is 7.48. The van der Waals surface area contributed by atoms with Crippen molar-refractivity contribution in [1.82, 2.24) is 9.80 Å². The molecule has 0 aliphatic carbocycles. The number of carbonyl (C=O) groups excluding carboxylic acids is 2. The summed E-state index contributed by atoms with van der Waals surface area (Å²) in [4.78, 5) is 29.0. The fourth-order valence-electron chi connectivity index (χ4n) is 3.91. The zero-order chi connectivity index (χ0) is 17.3. The molecule has 3 rings (SSSR count). The van der Waals surface area contributed by atoms with Crippen LogP contribution in [0.2, 0.25) is 0 Å². The van der Waals surface area contributed by atoms with Crippen molar-refractivity contribution in [2.24, 2.45) is 11.3 Å². The van der Waals surface area contributed by atoms with Gasteiger partial charge in [0.25, 0.3) is 5.91 Å². The van der Waals surface area contributed by atoms with E-state index in [0.29, 0.717) is 37.4 Å². The molecule has 24 heavy (non-hydrogen) atoms. The fraction of sp³-hybridized carbons (Fsp3) is 0.579. The monoisotopic (exact) mass is 332 g/mol. The van der Waals surface area contributed by atoms with Gasteiger partial charge < -0.3 is 9.80 Å². The molecule has 2 saturated heterocycles. The predicted octanol–water partition coefficient (Wildman–Crippen LogP) is 2.94. The smallest absolute Gasteiger partial charge is 0.253 e. The lowest BCUT2D eigenvalue weighted by Gasteiger charge is -2.38. The van der Waals surface area contributed by atoms with E-state index in [0.717, 1.165) is 19.5 Å². The minimum atomic E-state index is -0.398. The Morgan fingerprint density at radius 1 is 1.21 bits per heavy atom. The lowest BCUT2D eigenvalue weighted by molar-refractivity contribution is -0.138. The highest BCUT2D eigenvalue weighted by molar-refractivity contribution is 5.94. The van der Waals surface area contributed by atoms with E-state index in [9.17, 15) is 14.0 Å². The Morgan fingerprint density at radius 2 is 1.88 bits per heavy atom. The van der Waals surface area contributed by atoms with Crippen LogP contribution in [-0.2, 0) is 4.79 Å². The van der Waals surface area contributed by atoms with Crippen molar-refractivity contribution in [2.75, 3.05) is 26.2 Å². The van der Waals surface area contributed by atoms with Gasteiger partial charge in [0.2, 0.25) is 5.91 Å². The summed E-state index contributed by atoms with van der Waals surface area (Å²) in [5.74, 6) is 0.186. The molecule has 130 valence electrons. The number of halogens is 1. The first-order valence-electron chi connectivity index (χ1n) is 8.75. The molecule has 0 N–H and O–H groups in total. The van der Waals surface area contributed by atoms with E-state index in [2.05, 4.69) is 13.8 Å². The van der Waals surface area contributed by atoms with Crippen molar-refractivity contribution in [3.8, 4) is 0 Å². The van der Waals surface area contributed by atoms with Crippen LogP contribution >= 0.6 is 0 Å². The van der Waals surface area contributed by atoms with E-state index in [1.165, 1.54) is 12.1 Å². The quantitative estimate of drug-likeness (QED) is 0.854. The van der Waals surface area contributed by atoms with Gasteiger partial charge in [-0.15, -0.1) is 0 Å². The highest BCUT2D eigenvalue weighted by atomic mass is 19.1. The summed E-state index contributed by atoms with van der Waals surface area (Å²) < 4.78 is 13.3. The molecule has 1 spiro atoms. The average Bonchev–Trinajstić information content (AvgIpc) is 2.84. The van der Waals surface area contributed by atoms with Crippen molar-refractivity contribution in [3.63, 3.8) is 0 Å². The molecule has 0 aromatic heterocycles. The molecule has 0 atom stereocenters. The van der Waals surface area contributed by atoms with Gasteiger partial charge in [0, 0.05) is 31.7 Å². The van der Waals surface area contributed by atoms with E-state index in [4.69, 9.17) is 0 Å². The number of carbonyl (C=O) groups is 2. The van der Waals surface area contributed by atoms with Crippen molar-refractivity contribution < 1.29 is 14.0 Å². The number of amides is 2. The molecule has 1 aromatic rings. The number of hydrogen-bond acceptors (Lipinski definition) is 2. The molecule has 2 aliphatic rings. The second-order valence-corrected chi connectivity index (χ2v) is 7.48. The Kier molecular flexibility index (Phi) is 4.61. The average molecular weight is 332 g/mol. The predicted molar refractivity (Wildman–Crippen MR) is 90.0 cm³/mol. The van der Waals surface area contributed by atoms with Gasteiger partial charge in [-0.25, -0.2) is 4.39 Å². The Balaban J connectivity index is 1.64. The number of likely N-dealkylation sites (tertiary alicyclic amines) is 2. The van der Waals surface area contributed by atoms with Crippen LogP contribution < -0.4 is 0 Å². The summed E-state index contributed by atoms with van der Waals surface area (Å²) in [5, 5.41) is 0. The summed E-state index contributed by atoms with van der Waals surface area (Å²) in [5.41, 5.74) is 0.0956. The molecule has 2 fully saturated rings. The third-order valence-electron chi connectivity index (χ3n) is 5.27. The molecule has 2 aliphatic heterocycles. The lowest BCUT2D eigenvalue weighted by Crippen LogP contribution is -2.47. The Labute approximate surface area is 142 Å². The van der Waals surface area contributed by atoms with Crippen LogP contribution in [0.3, 0.4) is 0 Å². The number of benzene rings is 1. The number of piperidine rings is 1. The number of nitrogens with zero attached hydrogens (tertiary/aromatic N) is 2. The largest absolute Gasteiger partial charge is 0.342 e. The van der Waals surface area contributed by atoms with Crippen molar-refractivity contribution in [3.05, 3.63) is 35.6 Å². The van der Waals surface area contributed by atoms with Gasteiger partial charge in [-0.2, -0.15) is 0 Å². The van der Waals surface area contributed by atoms with E-state index in [1.807, 2.05) is 4.90 Å². The van der Waals surface area contributed by atoms with Crippen LogP contribution in [-0.4, -0.2) is 47.8 Å². The Morgan fingerprint density at radius 3 is 2.50 bits per heavy atom. The highest BCUT2D eigenvalue weighted by Crippen LogP contribution is 2.41. The van der Waals surface area contributed by atoms with Crippen molar-refractivity contribution >= 4 is 11.8 Å². The Hall–Kier alpha value is -1.91. The molecule has 5 heteroatoms. The van der Waals surface area contributed by atoms with Gasteiger partial charge >= 0.3 is 0 Å². The van der Waals surface area contributed by atoms with Gasteiger partial charge in [-0.3, -0.25) is 9.59 Å². The molecule has 0 bridgehead atoms.